The smallest absolute Gasteiger partial charge is 0.251 e. The van der Waals surface area contributed by atoms with Gasteiger partial charge in [0.15, 0.2) is 0 Å². The van der Waals surface area contributed by atoms with Crippen LogP contribution in [-0.4, -0.2) is 51.2 Å². The molecule has 2 aromatic rings. The number of sulfonamides is 1. The summed E-state index contributed by atoms with van der Waals surface area (Å²) in [5.41, 5.74) is 1.06. The van der Waals surface area contributed by atoms with E-state index >= 15 is 0 Å². The molecule has 0 unspecified atom stereocenters. The van der Waals surface area contributed by atoms with Crippen molar-refractivity contribution in [1.29, 1.82) is 0 Å². The van der Waals surface area contributed by atoms with Gasteiger partial charge in [0, 0.05) is 43.3 Å². The molecule has 1 saturated heterocycles. The lowest BCUT2D eigenvalue weighted by Gasteiger charge is -2.17. The van der Waals surface area contributed by atoms with Crippen LogP contribution in [0.15, 0.2) is 53.4 Å². The second-order valence-corrected chi connectivity index (χ2v) is 9.26. The number of hydrogen-bond donors (Lipinski definition) is 1. The Bertz CT molecular complexity index is 989. The van der Waals surface area contributed by atoms with E-state index in [1.54, 1.807) is 29.2 Å². The SMILES string of the molecule is CN(C)S(=O)(=O)c1ccc(C(=O)N[C@H]2CC(=O)N(c3ccc(Cl)cc3)C2)cc1. The topological polar surface area (TPSA) is 86.8 Å². The van der Waals surface area contributed by atoms with E-state index in [4.69, 9.17) is 11.6 Å². The molecule has 1 aliphatic rings. The summed E-state index contributed by atoms with van der Waals surface area (Å²) in [5, 5.41) is 3.41. The molecule has 0 saturated carbocycles. The summed E-state index contributed by atoms with van der Waals surface area (Å²) in [6.45, 7) is 0.360. The van der Waals surface area contributed by atoms with E-state index in [0.29, 0.717) is 17.1 Å². The summed E-state index contributed by atoms with van der Waals surface area (Å²) < 4.78 is 25.3. The van der Waals surface area contributed by atoms with Gasteiger partial charge in [0.05, 0.1) is 10.9 Å². The molecule has 0 spiro atoms. The van der Waals surface area contributed by atoms with Crippen molar-refractivity contribution in [2.45, 2.75) is 17.4 Å². The number of amides is 2. The van der Waals surface area contributed by atoms with Crippen molar-refractivity contribution < 1.29 is 18.0 Å². The lowest BCUT2D eigenvalue weighted by molar-refractivity contribution is -0.117. The number of anilines is 1. The molecule has 0 aromatic heterocycles. The van der Waals surface area contributed by atoms with Crippen LogP contribution in [0.2, 0.25) is 5.02 Å². The van der Waals surface area contributed by atoms with Crippen LogP contribution >= 0.6 is 11.6 Å². The molecule has 2 amide bonds. The number of rotatable bonds is 5. The van der Waals surface area contributed by atoms with Crippen molar-refractivity contribution in [1.82, 2.24) is 9.62 Å². The minimum absolute atomic E-state index is 0.0833. The zero-order valence-corrected chi connectivity index (χ0v) is 17.0. The third-order valence-electron chi connectivity index (χ3n) is 4.49. The van der Waals surface area contributed by atoms with Crippen LogP contribution in [-0.2, 0) is 14.8 Å². The highest BCUT2D eigenvalue weighted by Gasteiger charge is 2.31. The molecule has 1 fully saturated rings. The zero-order chi connectivity index (χ0) is 20.5. The van der Waals surface area contributed by atoms with Crippen LogP contribution in [0.1, 0.15) is 16.8 Å². The molecule has 0 radical (unpaired) electrons. The van der Waals surface area contributed by atoms with E-state index in [9.17, 15) is 18.0 Å². The lowest BCUT2D eigenvalue weighted by Crippen LogP contribution is -2.37. The maximum Gasteiger partial charge on any atom is 0.251 e. The molecule has 0 bridgehead atoms. The van der Waals surface area contributed by atoms with Gasteiger partial charge in [0.1, 0.15) is 0 Å². The van der Waals surface area contributed by atoms with E-state index in [0.717, 1.165) is 9.99 Å². The molecule has 28 heavy (non-hydrogen) atoms. The Labute approximate surface area is 168 Å². The Balaban J connectivity index is 1.67. The molecule has 7 nitrogen and oxygen atoms in total. The Kier molecular flexibility index (Phi) is 5.74. The molecule has 0 aliphatic carbocycles. The van der Waals surface area contributed by atoms with Crippen molar-refractivity contribution in [3.63, 3.8) is 0 Å². The highest BCUT2D eigenvalue weighted by molar-refractivity contribution is 7.89. The van der Waals surface area contributed by atoms with Crippen molar-refractivity contribution in [3.05, 3.63) is 59.1 Å². The third kappa shape index (κ3) is 4.19. The summed E-state index contributed by atoms with van der Waals surface area (Å²) in [7, 11) is -0.661. The van der Waals surface area contributed by atoms with Gasteiger partial charge in [-0.25, -0.2) is 12.7 Å². The van der Waals surface area contributed by atoms with E-state index < -0.39 is 10.0 Å². The minimum Gasteiger partial charge on any atom is -0.347 e. The van der Waals surface area contributed by atoms with Crippen LogP contribution in [0.5, 0.6) is 0 Å². The molecular formula is C19H20ClN3O4S. The maximum absolute atomic E-state index is 12.5. The van der Waals surface area contributed by atoms with Gasteiger partial charge >= 0.3 is 0 Å². The third-order valence-corrected chi connectivity index (χ3v) is 6.57. The standard InChI is InChI=1S/C19H20ClN3O4S/c1-22(2)28(26,27)17-9-3-13(4-10-17)19(25)21-15-11-18(24)23(12-15)16-7-5-14(20)6-8-16/h3-10,15H,11-12H2,1-2H3,(H,21,25)/t15-/m0/s1. The molecular weight excluding hydrogens is 402 g/mol. The van der Waals surface area contributed by atoms with Crippen molar-refractivity contribution in [2.75, 3.05) is 25.5 Å². The predicted octanol–water partition coefficient (Wildman–Crippen LogP) is 2.13. The van der Waals surface area contributed by atoms with Crippen LogP contribution in [0.4, 0.5) is 5.69 Å². The predicted molar refractivity (Wildman–Crippen MR) is 107 cm³/mol. The van der Waals surface area contributed by atoms with Crippen LogP contribution in [0.25, 0.3) is 0 Å². The maximum atomic E-state index is 12.5. The van der Waals surface area contributed by atoms with Gasteiger partial charge in [-0.2, -0.15) is 0 Å². The molecule has 148 valence electrons. The summed E-state index contributed by atoms with van der Waals surface area (Å²) in [6.07, 6.45) is 0.196. The first kappa shape index (κ1) is 20.3. The fourth-order valence-corrected chi connectivity index (χ4v) is 3.96. The quantitative estimate of drug-likeness (QED) is 0.801. The Morgan fingerprint density at radius 2 is 1.71 bits per heavy atom. The van der Waals surface area contributed by atoms with Gasteiger partial charge in [0.2, 0.25) is 15.9 Å². The molecule has 1 atom stereocenters. The average molecular weight is 422 g/mol. The fraction of sp³-hybridized carbons (Fsp3) is 0.263. The Morgan fingerprint density at radius 1 is 1.11 bits per heavy atom. The van der Waals surface area contributed by atoms with Crippen molar-refractivity contribution >= 4 is 39.1 Å². The van der Waals surface area contributed by atoms with Crippen molar-refractivity contribution in [2.24, 2.45) is 0 Å². The number of nitrogens with one attached hydrogen (secondary N) is 1. The van der Waals surface area contributed by atoms with Crippen LogP contribution in [0, 0.1) is 0 Å². The van der Waals surface area contributed by atoms with E-state index in [1.807, 2.05) is 0 Å². The second-order valence-electron chi connectivity index (χ2n) is 6.67. The van der Waals surface area contributed by atoms with E-state index in [-0.39, 0.29) is 29.2 Å². The number of hydrogen-bond acceptors (Lipinski definition) is 4. The largest absolute Gasteiger partial charge is 0.347 e. The first-order chi connectivity index (χ1) is 13.2. The minimum atomic E-state index is -3.55. The van der Waals surface area contributed by atoms with Gasteiger partial charge in [-0.3, -0.25) is 9.59 Å². The molecule has 1 heterocycles. The molecule has 3 rings (SSSR count). The fourth-order valence-electron chi connectivity index (χ4n) is 2.93. The Morgan fingerprint density at radius 3 is 2.29 bits per heavy atom. The van der Waals surface area contributed by atoms with Gasteiger partial charge in [-0.05, 0) is 48.5 Å². The molecule has 1 aliphatic heterocycles. The van der Waals surface area contributed by atoms with E-state index in [1.165, 1.54) is 38.4 Å². The summed E-state index contributed by atoms with van der Waals surface area (Å²) >= 11 is 5.88. The highest BCUT2D eigenvalue weighted by Crippen LogP contribution is 2.23. The monoisotopic (exact) mass is 421 g/mol. The average Bonchev–Trinajstić information content (AvgIpc) is 3.02. The van der Waals surface area contributed by atoms with Gasteiger partial charge < -0.3 is 10.2 Å². The number of benzene rings is 2. The zero-order valence-electron chi connectivity index (χ0n) is 15.4. The van der Waals surface area contributed by atoms with Gasteiger partial charge in [0.25, 0.3) is 5.91 Å². The highest BCUT2D eigenvalue weighted by atomic mass is 35.5. The number of carbonyl (C=O) groups is 2. The molecule has 1 N–H and O–H groups in total. The summed E-state index contributed by atoms with van der Waals surface area (Å²) in [6, 6.07) is 12.3. The first-order valence-electron chi connectivity index (χ1n) is 8.58. The summed E-state index contributed by atoms with van der Waals surface area (Å²) in [5.74, 6) is -0.440. The van der Waals surface area contributed by atoms with Crippen LogP contribution < -0.4 is 10.2 Å². The molecule has 9 heteroatoms. The summed E-state index contributed by atoms with van der Waals surface area (Å²) in [4.78, 5) is 26.5. The number of halogens is 1. The normalized spacial score (nSPS) is 17.2. The number of carbonyl (C=O) groups excluding carboxylic acids is 2. The van der Waals surface area contributed by atoms with E-state index in [2.05, 4.69) is 5.32 Å². The molecule has 2 aromatic carbocycles. The van der Waals surface area contributed by atoms with Crippen molar-refractivity contribution in [3.8, 4) is 0 Å². The first-order valence-corrected chi connectivity index (χ1v) is 10.4. The van der Waals surface area contributed by atoms with Gasteiger partial charge in [-0.15, -0.1) is 0 Å². The van der Waals surface area contributed by atoms with Gasteiger partial charge in [-0.1, -0.05) is 11.6 Å². The Hall–Kier alpha value is -2.42. The second kappa shape index (κ2) is 7.90. The van der Waals surface area contributed by atoms with Crippen LogP contribution in [0.3, 0.4) is 0 Å². The number of nitrogens with zero attached hydrogens (tertiary/aromatic N) is 2. The lowest BCUT2D eigenvalue weighted by atomic mass is 10.2.